The maximum atomic E-state index is 3.75. The first-order chi connectivity index (χ1) is 8.23. The second-order valence-corrected chi connectivity index (χ2v) is 19.7. The van der Waals surface area contributed by atoms with Crippen LogP contribution in [0.25, 0.3) is 0 Å². The summed E-state index contributed by atoms with van der Waals surface area (Å²) in [5, 5.41) is 4.18. The molecule has 0 unspecified atom stereocenters. The van der Waals surface area contributed by atoms with Crippen LogP contribution in [-0.2, 0) is 0 Å². The summed E-state index contributed by atoms with van der Waals surface area (Å²) in [6.45, 7) is 24.6. The molecule has 1 radical (unpaired) electrons. The van der Waals surface area contributed by atoms with Crippen LogP contribution in [0, 0.1) is 6.08 Å². The monoisotopic (exact) mass is 293 g/mol. The minimum absolute atomic E-state index is 0.404. The van der Waals surface area contributed by atoms with Crippen LogP contribution < -0.4 is 0 Å². The zero-order chi connectivity index (χ0) is 15.3. The van der Waals surface area contributed by atoms with Gasteiger partial charge in [0.25, 0.3) is 0 Å². The first-order valence-electron chi connectivity index (χ1n) is 7.55. The normalized spacial score (nSPS) is 18.4. The SMILES string of the molecule is CC(C)(C)[Si](C)(C)C1=[C]CC=C1[Si](C)(C)C(C)(C)C. The molecule has 0 nitrogen and oxygen atoms in total. The van der Waals surface area contributed by atoms with Gasteiger partial charge in [0.2, 0.25) is 0 Å². The van der Waals surface area contributed by atoms with Gasteiger partial charge in [0.05, 0.1) is 16.1 Å². The van der Waals surface area contributed by atoms with Crippen molar-refractivity contribution in [2.24, 2.45) is 0 Å². The number of allylic oxidation sites excluding steroid dienone is 4. The van der Waals surface area contributed by atoms with Gasteiger partial charge in [-0.3, -0.25) is 0 Å². The lowest BCUT2D eigenvalue weighted by atomic mass is 10.2. The van der Waals surface area contributed by atoms with E-state index in [0.717, 1.165) is 6.42 Å². The van der Waals surface area contributed by atoms with E-state index in [1.807, 2.05) is 0 Å². The van der Waals surface area contributed by atoms with Gasteiger partial charge in [-0.25, -0.2) is 0 Å². The second-order valence-electron chi connectivity index (χ2n) is 9.12. The Labute approximate surface area is 123 Å². The molecular weight excluding hydrogens is 260 g/mol. The molecule has 0 heterocycles. The molecule has 0 fully saturated rings. The van der Waals surface area contributed by atoms with E-state index < -0.39 is 16.1 Å². The molecule has 0 saturated heterocycles. The molecule has 0 aromatic heterocycles. The van der Waals surface area contributed by atoms with Crippen LogP contribution in [0.1, 0.15) is 48.0 Å². The van der Waals surface area contributed by atoms with Crippen LogP contribution >= 0.6 is 0 Å². The van der Waals surface area contributed by atoms with E-state index >= 15 is 0 Å². The Kier molecular flexibility index (Phi) is 4.22. The van der Waals surface area contributed by atoms with E-state index in [1.165, 1.54) is 0 Å². The van der Waals surface area contributed by atoms with Gasteiger partial charge < -0.3 is 0 Å². The van der Waals surface area contributed by atoms with E-state index in [0.29, 0.717) is 10.1 Å². The van der Waals surface area contributed by atoms with Gasteiger partial charge in [-0.1, -0.05) is 84.2 Å². The summed E-state index contributed by atoms with van der Waals surface area (Å²) in [5.41, 5.74) is 0. The standard InChI is InChI=1S/C17H33Si2/c1-16(2,3)18(7,8)14-12-11-13-15(14)19(9,10)17(4,5)6/h12H,11H2,1-10H3. The van der Waals surface area contributed by atoms with Crippen LogP contribution in [0.2, 0.25) is 36.3 Å². The first-order valence-corrected chi connectivity index (χ1v) is 13.6. The Morgan fingerprint density at radius 2 is 1.26 bits per heavy atom. The quantitative estimate of drug-likeness (QED) is 0.536. The summed E-state index contributed by atoms with van der Waals surface area (Å²) in [6, 6.07) is 0. The van der Waals surface area contributed by atoms with E-state index in [4.69, 9.17) is 0 Å². The van der Waals surface area contributed by atoms with Crippen LogP contribution in [-0.4, -0.2) is 16.1 Å². The molecule has 0 N–H and O–H groups in total. The Bertz CT molecular complexity index is 370. The molecule has 1 aliphatic carbocycles. The molecule has 19 heavy (non-hydrogen) atoms. The van der Waals surface area contributed by atoms with Gasteiger partial charge in [0.1, 0.15) is 0 Å². The van der Waals surface area contributed by atoms with E-state index in [9.17, 15) is 0 Å². The maximum absolute atomic E-state index is 3.75. The van der Waals surface area contributed by atoms with Gasteiger partial charge in [-0.05, 0) is 22.6 Å². The van der Waals surface area contributed by atoms with Crippen molar-refractivity contribution in [3.63, 3.8) is 0 Å². The van der Waals surface area contributed by atoms with Gasteiger partial charge in [0, 0.05) is 0 Å². The minimum atomic E-state index is -1.45. The molecule has 1 aliphatic rings. The highest BCUT2D eigenvalue weighted by atomic mass is 28.3. The van der Waals surface area contributed by atoms with Crippen molar-refractivity contribution < 1.29 is 0 Å². The lowest BCUT2D eigenvalue weighted by Gasteiger charge is -2.45. The largest absolute Gasteiger partial charge is 0.0861 e. The molecule has 109 valence electrons. The summed E-state index contributed by atoms with van der Waals surface area (Å²) in [7, 11) is -2.88. The Balaban J connectivity index is 3.26. The molecular formula is C17H33Si2. The Morgan fingerprint density at radius 3 is 1.63 bits per heavy atom. The smallest absolute Gasteiger partial charge is 0.0809 e. The molecule has 0 aliphatic heterocycles. The fourth-order valence-corrected chi connectivity index (χ4v) is 8.43. The number of hydrogen-bond acceptors (Lipinski definition) is 0. The molecule has 1 rings (SSSR count). The highest BCUT2D eigenvalue weighted by Gasteiger charge is 2.47. The molecule has 0 aromatic rings. The van der Waals surface area contributed by atoms with E-state index in [1.54, 1.807) is 10.4 Å². The van der Waals surface area contributed by atoms with Gasteiger partial charge >= 0.3 is 0 Å². The maximum Gasteiger partial charge on any atom is 0.0861 e. The van der Waals surface area contributed by atoms with Crippen LogP contribution in [0.5, 0.6) is 0 Å². The lowest BCUT2D eigenvalue weighted by Crippen LogP contribution is -2.47. The summed E-state index contributed by atoms with van der Waals surface area (Å²) < 4.78 is 0. The van der Waals surface area contributed by atoms with Crippen molar-refractivity contribution in [2.45, 2.75) is 84.2 Å². The predicted molar refractivity (Wildman–Crippen MR) is 93.9 cm³/mol. The fourth-order valence-electron chi connectivity index (χ4n) is 2.36. The summed E-state index contributed by atoms with van der Waals surface area (Å²) >= 11 is 0. The third-order valence-corrected chi connectivity index (χ3v) is 17.1. The highest BCUT2D eigenvalue weighted by Crippen LogP contribution is 2.50. The molecule has 0 bridgehead atoms. The van der Waals surface area contributed by atoms with Gasteiger partial charge in [-0.15, -0.1) is 0 Å². The third kappa shape index (κ3) is 2.85. The zero-order valence-corrected chi connectivity index (χ0v) is 16.8. The van der Waals surface area contributed by atoms with Crippen molar-refractivity contribution >= 4 is 16.1 Å². The van der Waals surface area contributed by atoms with Gasteiger partial charge in [-0.2, -0.15) is 0 Å². The van der Waals surface area contributed by atoms with Crippen LogP contribution in [0.15, 0.2) is 16.5 Å². The van der Waals surface area contributed by atoms with Crippen molar-refractivity contribution in [2.75, 3.05) is 0 Å². The number of hydrogen-bond donors (Lipinski definition) is 0. The molecule has 0 saturated carbocycles. The highest BCUT2D eigenvalue weighted by molar-refractivity contribution is 6.95. The molecule has 0 amide bonds. The average molecular weight is 294 g/mol. The Morgan fingerprint density at radius 1 is 0.842 bits per heavy atom. The van der Waals surface area contributed by atoms with Crippen molar-refractivity contribution in [3.8, 4) is 0 Å². The second kappa shape index (κ2) is 4.73. The van der Waals surface area contributed by atoms with Crippen molar-refractivity contribution in [3.05, 3.63) is 22.5 Å². The summed E-state index contributed by atoms with van der Waals surface area (Å²) in [5.74, 6) is 0. The lowest BCUT2D eigenvalue weighted by molar-refractivity contribution is 0.719. The van der Waals surface area contributed by atoms with E-state index in [2.05, 4.69) is 79.9 Å². The third-order valence-electron chi connectivity index (χ3n) is 5.90. The predicted octanol–water partition coefficient (Wildman–Crippen LogP) is 6.14. The van der Waals surface area contributed by atoms with Crippen molar-refractivity contribution in [1.82, 2.24) is 0 Å². The summed E-state index contributed by atoms with van der Waals surface area (Å²) in [4.78, 5) is 0. The minimum Gasteiger partial charge on any atom is -0.0809 e. The zero-order valence-electron chi connectivity index (χ0n) is 14.8. The molecule has 2 heteroatoms. The molecule has 0 spiro atoms. The van der Waals surface area contributed by atoms with Crippen LogP contribution in [0.3, 0.4) is 0 Å². The number of rotatable bonds is 2. The van der Waals surface area contributed by atoms with Gasteiger partial charge in [0.15, 0.2) is 0 Å². The van der Waals surface area contributed by atoms with Crippen molar-refractivity contribution in [1.29, 1.82) is 0 Å². The molecule has 0 atom stereocenters. The fraction of sp³-hybridized carbons (Fsp3) is 0.765. The topological polar surface area (TPSA) is 0 Å². The average Bonchev–Trinajstić information content (AvgIpc) is 2.62. The van der Waals surface area contributed by atoms with Crippen LogP contribution in [0.4, 0.5) is 0 Å². The Hall–Kier alpha value is -0.0862. The first kappa shape index (κ1) is 17.0. The van der Waals surface area contributed by atoms with E-state index in [-0.39, 0.29) is 0 Å². The molecule has 0 aromatic carbocycles. The summed E-state index contributed by atoms with van der Waals surface area (Å²) in [6.07, 6.45) is 7.29.